The monoisotopic (exact) mass is 167 g/mol. The normalized spacial score (nSPS) is 11.2. The summed E-state index contributed by atoms with van der Waals surface area (Å²) in [5.74, 6) is 0. The van der Waals surface area contributed by atoms with E-state index in [9.17, 15) is 0 Å². The number of hydrogen-bond donors (Lipinski definition) is 0. The molecule has 0 rings (SSSR count). The molecule has 0 bridgehead atoms. The van der Waals surface area contributed by atoms with Crippen molar-refractivity contribution in [2.45, 2.75) is 58.8 Å². The van der Waals surface area contributed by atoms with Crippen molar-refractivity contribution in [3.63, 3.8) is 0 Å². The summed E-state index contributed by atoms with van der Waals surface area (Å²) in [4.78, 5) is 0. The third-order valence-corrected chi connectivity index (χ3v) is 2.01. The van der Waals surface area contributed by atoms with E-state index < -0.39 is 0 Å². The van der Waals surface area contributed by atoms with Crippen LogP contribution in [0, 0.1) is 6.42 Å². The smallest absolute Gasteiger partial charge is 0.0348 e. The van der Waals surface area contributed by atoms with Gasteiger partial charge in [-0.1, -0.05) is 45.3 Å². The van der Waals surface area contributed by atoms with Gasteiger partial charge in [-0.15, -0.1) is 0 Å². The molecule has 0 atom stereocenters. The van der Waals surface area contributed by atoms with E-state index in [1.807, 2.05) is 0 Å². The Morgan fingerprint density at radius 3 is 2.25 bits per heavy atom. The molecule has 12 heavy (non-hydrogen) atoms. The summed E-state index contributed by atoms with van der Waals surface area (Å²) < 4.78 is 0. The van der Waals surface area contributed by atoms with Gasteiger partial charge in [-0.2, -0.15) is 0 Å². The minimum Gasteiger partial charge on any atom is -0.0885 e. The van der Waals surface area contributed by atoms with Gasteiger partial charge in [-0.25, -0.2) is 0 Å². The zero-order chi connectivity index (χ0) is 9.07. The lowest BCUT2D eigenvalue weighted by Crippen LogP contribution is -1.74. The molecule has 0 saturated heterocycles. The van der Waals surface area contributed by atoms with Crippen LogP contribution in [0.25, 0.3) is 0 Å². The fourth-order valence-electron chi connectivity index (χ4n) is 1.19. The van der Waals surface area contributed by atoms with Crippen LogP contribution in [0.3, 0.4) is 0 Å². The summed E-state index contributed by atoms with van der Waals surface area (Å²) in [6.07, 6.45) is 16.1. The van der Waals surface area contributed by atoms with E-state index in [0.717, 1.165) is 0 Å². The van der Waals surface area contributed by atoms with Gasteiger partial charge >= 0.3 is 0 Å². The van der Waals surface area contributed by atoms with Crippen LogP contribution in [0.15, 0.2) is 12.2 Å². The lowest BCUT2D eigenvalue weighted by atomic mass is 10.1. The first-order chi connectivity index (χ1) is 5.91. The van der Waals surface area contributed by atoms with Gasteiger partial charge in [0.1, 0.15) is 0 Å². The molecule has 0 aliphatic heterocycles. The average molecular weight is 167 g/mol. The molecule has 1 radical (unpaired) electrons. The molecule has 0 aromatic rings. The van der Waals surface area contributed by atoms with E-state index >= 15 is 0 Å². The van der Waals surface area contributed by atoms with Gasteiger partial charge in [0, 0.05) is 0 Å². The maximum Gasteiger partial charge on any atom is -0.0348 e. The molecule has 0 N–H and O–H groups in total. The van der Waals surface area contributed by atoms with E-state index in [4.69, 9.17) is 0 Å². The maximum atomic E-state index is 2.33. The Kier molecular flexibility index (Phi) is 10.5. The van der Waals surface area contributed by atoms with Crippen molar-refractivity contribution in [2.24, 2.45) is 0 Å². The second-order valence-corrected chi connectivity index (χ2v) is 3.31. The largest absolute Gasteiger partial charge is 0.0885 e. The molecular formula is C12H23. The van der Waals surface area contributed by atoms with Crippen LogP contribution in [-0.4, -0.2) is 0 Å². The molecule has 71 valence electrons. The molecule has 0 amide bonds. The molecule has 0 heterocycles. The highest BCUT2D eigenvalue weighted by Crippen LogP contribution is 2.03. The Labute approximate surface area is 78.1 Å². The molecular weight excluding hydrogens is 144 g/mol. The summed E-state index contributed by atoms with van der Waals surface area (Å²) in [5.41, 5.74) is 0. The molecule has 0 aromatic heterocycles. The van der Waals surface area contributed by atoms with Gasteiger partial charge in [0.15, 0.2) is 0 Å². The van der Waals surface area contributed by atoms with Crippen LogP contribution >= 0.6 is 0 Å². The Morgan fingerprint density at radius 2 is 1.58 bits per heavy atom. The van der Waals surface area contributed by atoms with Gasteiger partial charge < -0.3 is 0 Å². The SMILES string of the molecule is C[CH]CCC=CCCCCCC. The highest BCUT2D eigenvalue weighted by molar-refractivity contribution is 4.82. The summed E-state index contributed by atoms with van der Waals surface area (Å²) in [5, 5.41) is 0. The van der Waals surface area contributed by atoms with Crippen molar-refractivity contribution in [3.05, 3.63) is 18.6 Å². The summed E-state index contributed by atoms with van der Waals surface area (Å²) >= 11 is 0. The van der Waals surface area contributed by atoms with Crippen molar-refractivity contribution in [2.75, 3.05) is 0 Å². The lowest BCUT2D eigenvalue weighted by molar-refractivity contribution is 0.674. The second-order valence-electron chi connectivity index (χ2n) is 3.31. The van der Waals surface area contributed by atoms with Crippen molar-refractivity contribution in [3.8, 4) is 0 Å². The Balaban J connectivity index is 2.92. The second kappa shape index (κ2) is 10.7. The summed E-state index contributed by atoms with van der Waals surface area (Å²) in [7, 11) is 0. The van der Waals surface area contributed by atoms with Gasteiger partial charge in [-0.3, -0.25) is 0 Å². The van der Waals surface area contributed by atoms with Gasteiger partial charge in [0.05, 0.1) is 0 Å². The first-order valence-corrected chi connectivity index (χ1v) is 5.34. The van der Waals surface area contributed by atoms with E-state index in [1.54, 1.807) is 0 Å². The highest BCUT2D eigenvalue weighted by atomic mass is 13.9. The highest BCUT2D eigenvalue weighted by Gasteiger charge is 1.84. The fraction of sp³-hybridized carbons (Fsp3) is 0.750. The molecule has 0 saturated carbocycles. The van der Waals surface area contributed by atoms with Crippen LogP contribution < -0.4 is 0 Å². The van der Waals surface area contributed by atoms with Crippen LogP contribution in [0.4, 0.5) is 0 Å². The third kappa shape index (κ3) is 9.74. The molecule has 0 aliphatic carbocycles. The predicted octanol–water partition coefficient (Wildman–Crippen LogP) is 4.52. The Morgan fingerprint density at radius 1 is 0.833 bits per heavy atom. The average Bonchev–Trinajstić information content (AvgIpc) is 2.10. The maximum absolute atomic E-state index is 2.33. The fourth-order valence-corrected chi connectivity index (χ4v) is 1.19. The molecule has 0 aliphatic rings. The summed E-state index contributed by atoms with van der Waals surface area (Å²) in [6.45, 7) is 4.38. The Hall–Kier alpha value is -0.260. The van der Waals surface area contributed by atoms with Crippen LogP contribution in [0.2, 0.25) is 0 Å². The van der Waals surface area contributed by atoms with Crippen LogP contribution in [-0.2, 0) is 0 Å². The third-order valence-electron chi connectivity index (χ3n) is 2.01. The minimum atomic E-state index is 1.23. The molecule has 0 unspecified atom stereocenters. The minimum absolute atomic E-state index is 1.23. The Bertz CT molecular complexity index is 92.2. The van der Waals surface area contributed by atoms with Crippen LogP contribution in [0.5, 0.6) is 0 Å². The van der Waals surface area contributed by atoms with E-state index in [-0.39, 0.29) is 0 Å². The van der Waals surface area contributed by atoms with E-state index in [2.05, 4.69) is 32.4 Å². The molecule has 0 fully saturated rings. The quantitative estimate of drug-likeness (QED) is 0.368. The van der Waals surface area contributed by atoms with Crippen molar-refractivity contribution < 1.29 is 0 Å². The number of rotatable bonds is 8. The first-order valence-electron chi connectivity index (χ1n) is 5.34. The first kappa shape index (κ1) is 11.7. The molecule has 0 nitrogen and oxygen atoms in total. The zero-order valence-corrected chi connectivity index (χ0v) is 8.68. The van der Waals surface area contributed by atoms with Crippen molar-refractivity contribution >= 4 is 0 Å². The van der Waals surface area contributed by atoms with Crippen molar-refractivity contribution in [1.82, 2.24) is 0 Å². The number of unbranched alkanes of at least 4 members (excludes halogenated alkanes) is 6. The van der Waals surface area contributed by atoms with Crippen molar-refractivity contribution in [1.29, 1.82) is 0 Å². The lowest BCUT2D eigenvalue weighted by Gasteiger charge is -1.94. The molecule has 0 aromatic carbocycles. The van der Waals surface area contributed by atoms with Crippen LogP contribution in [0.1, 0.15) is 58.8 Å². The number of hydrogen-bond acceptors (Lipinski definition) is 0. The topological polar surface area (TPSA) is 0 Å². The van der Waals surface area contributed by atoms with Gasteiger partial charge in [-0.05, 0) is 32.1 Å². The predicted molar refractivity (Wildman–Crippen MR) is 57.1 cm³/mol. The number of allylic oxidation sites excluding steroid dienone is 2. The molecule has 0 heteroatoms. The zero-order valence-electron chi connectivity index (χ0n) is 8.68. The van der Waals surface area contributed by atoms with Gasteiger partial charge in [0.2, 0.25) is 0 Å². The summed E-state index contributed by atoms with van der Waals surface area (Å²) in [6, 6.07) is 0. The molecule has 0 spiro atoms. The van der Waals surface area contributed by atoms with Gasteiger partial charge in [0.25, 0.3) is 0 Å². The van der Waals surface area contributed by atoms with E-state index in [1.165, 1.54) is 44.9 Å². The standard InChI is InChI=1S/C12H23/c1-3-5-7-9-11-12-10-8-6-4-2/h3,9,11H,4-8,10,12H2,1-2H3. The van der Waals surface area contributed by atoms with E-state index in [0.29, 0.717) is 0 Å².